The second-order valence-electron chi connectivity index (χ2n) is 10.8. The minimum atomic E-state index is -5.11. The molecule has 7 N–H and O–H groups in total. The standard InChI is InChI=1S/C22H24N10O13P2/c23-22-28-18-11(19(35)29-22)26-7-32(18)21-15-12(33)8(42-21)3-40-46(36,37)44-14-9(4-41-47(38,39)45-15)43-20(13(14)34)31-6-25-10-16-24-1-2-30(16)5-27-17(10)31/h1-2,5-9,12-15,20-21,33-34H,3-4H2,(H,36,37)(H,38,39)(H3,23,28,29,35). The second kappa shape index (κ2) is 10.9. The van der Waals surface area contributed by atoms with Crippen LogP contribution in [0.25, 0.3) is 28.0 Å². The number of H-pyrrole nitrogens is 1. The maximum atomic E-state index is 13.3. The van der Waals surface area contributed by atoms with E-state index in [2.05, 4.69) is 29.9 Å². The molecule has 0 saturated carbocycles. The summed E-state index contributed by atoms with van der Waals surface area (Å²) >= 11 is 0. The van der Waals surface area contributed by atoms with E-state index >= 15 is 0 Å². The van der Waals surface area contributed by atoms with Gasteiger partial charge in [0.05, 0.1) is 25.9 Å². The highest BCUT2D eigenvalue weighted by Gasteiger charge is 2.54. The molecule has 0 radical (unpaired) electrons. The molecule has 8 heterocycles. The Morgan fingerprint density at radius 1 is 0.809 bits per heavy atom. The van der Waals surface area contributed by atoms with Gasteiger partial charge >= 0.3 is 15.6 Å². The number of phosphoric ester groups is 2. The molecule has 2 bridgehead atoms. The highest BCUT2D eigenvalue weighted by atomic mass is 31.2. The molecule has 10 atom stereocenters. The molecule has 3 aliphatic rings. The number of anilines is 1. The lowest BCUT2D eigenvalue weighted by molar-refractivity contribution is -0.0672. The summed E-state index contributed by atoms with van der Waals surface area (Å²) in [5, 5.41) is 22.3. The van der Waals surface area contributed by atoms with E-state index in [0.717, 1.165) is 10.9 Å². The molecule has 25 heteroatoms. The van der Waals surface area contributed by atoms with E-state index in [9.17, 15) is 33.9 Å². The van der Waals surface area contributed by atoms with Crippen molar-refractivity contribution in [3.63, 3.8) is 0 Å². The fraction of sp³-hybridized carbons (Fsp3) is 0.455. The van der Waals surface area contributed by atoms with Gasteiger partial charge in [-0.3, -0.25) is 41.4 Å². The molecule has 250 valence electrons. The third-order valence-corrected chi connectivity index (χ3v) is 9.86. The van der Waals surface area contributed by atoms with Crippen molar-refractivity contribution in [2.75, 3.05) is 18.9 Å². The van der Waals surface area contributed by atoms with Crippen LogP contribution in [0.1, 0.15) is 12.5 Å². The molecule has 47 heavy (non-hydrogen) atoms. The van der Waals surface area contributed by atoms with E-state index in [-0.39, 0.29) is 22.8 Å². The summed E-state index contributed by atoms with van der Waals surface area (Å²) in [6.45, 7) is -1.63. The molecule has 0 spiro atoms. The summed E-state index contributed by atoms with van der Waals surface area (Å²) in [7, 11) is -10.2. The van der Waals surface area contributed by atoms with Gasteiger partial charge in [-0.2, -0.15) is 4.98 Å². The van der Waals surface area contributed by atoms with Crippen LogP contribution in [0.15, 0.2) is 36.2 Å². The number of rotatable bonds is 2. The maximum absolute atomic E-state index is 13.3. The van der Waals surface area contributed by atoms with Crippen LogP contribution in [0.2, 0.25) is 0 Å². The largest absolute Gasteiger partial charge is 0.472 e. The molecule has 0 aromatic carbocycles. The molecule has 23 nitrogen and oxygen atoms in total. The number of hydrogen-bond donors (Lipinski definition) is 6. The minimum absolute atomic E-state index is 0.123. The SMILES string of the molecule is Nc1nc2c(ncn2C2OC3COP(=O)(O)OC4C(COP(=O)(O)OC2C3O)OC(n2cnc3c2ncn2ccnc32)C4O)c(=O)[nH]1. The van der Waals surface area contributed by atoms with Crippen molar-refractivity contribution in [2.45, 2.75) is 49.1 Å². The van der Waals surface area contributed by atoms with Crippen molar-refractivity contribution in [3.8, 4) is 0 Å². The average molecular weight is 698 g/mol. The van der Waals surface area contributed by atoms with Gasteiger partial charge in [0, 0.05) is 12.4 Å². The number of aliphatic hydroxyl groups is 2. The van der Waals surface area contributed by atoms with Crippen LogP contribution in [0.3, 0.4) is 0 Å². The van der Waals surface area contributed by atoms with Crippen LogP contribution in [0, 0.1) is 0 Å². The minimum Gasteiger partial charge on any atom is -0.387 e. The number of ether oxygens (including phenoxy) is 2. The van der Waals surface area contributed by atoms with Gasteiger partial charge in [0.15, 0.2) is 40.4 Å². The van der Waals surface area contributed by atoms with Gasteiger partial charge in [0.1, 0.15) is 43.0 Å². The normalized spacial score (nSPS) is 36.8. The van der Waals surface area contributed by atoms with Gasteiger partial charge in [-0.15, -0.1) is 0 Å². The van der Waals surface area contributed by atoms with Crippen LogP contribution in [0.5, 0.6) is 0 Å². The van der Waals surface area contributed by atoms with Crippen molar-refractivity contribution in [3.05, 3.63) is 41.7 Å². The Balaban J connectivity index is 1.11. The number of aromatic nitrogens is 9. The van der Waals surface area contributed by atoms with Crippen molar-refractivity contribution in [1.82, 2.24) is 43.4 Å². The Kier molecular flexibility index (Phi) is 7.11. The van der Waals surface area contributed by atoms with E-state index in [1.807, 2.05) is 0 Å². The number of nitrogen functional groups attached to an aromatic ring is 1. The van der Waals surface area contributed by atoms with Crippen LogP contribution < -0.4 is 11.3 Å². The van der Waals surface area contributed by atoms with Crippen molar-refractivity contribution >= 4 is 49.6 Å². The Hall–Kier alpha value is -3.70. The molecule has 3 saturated heterocycles. The fourth-order valence-electron chi connectivity index (χ4n) is 5.77. The second-order valence-corrected chi connectivity index (χ2v) is 13.6. The Morgan fingerprint density at radius 3 is 2.23 bits per heavy atom. The Morgan fingerprint density at radius 2 is 1.47 bits per heavy atom. The Labute approximate surface area is 259 Å². The maximum Gasteiger partial charge on any atom is 0.472 e. The molecule has 10 unspecified atom stereocenters. The zero-order valence-corrected chi connectivity index (χ0v) is 25.2. The summed E-state index contributed by atoms with van der Waals surface area (Å²) in [5.74, 6) is -0.280. The highest BCUT2D eigenvalue weighted by molar-refractivity contribution is 7.47. The highest BCUT2D eigenvalue weighted by Crippen LogP contribution is 2.53. The van der Waals surface area contributed by atoms with Crippen LogP contribution in [0.4, 0.5) is 5.95 Å². The van der Waals surface area contributed by atoms with Crippen LogP contribution in [-0.2, 0) is 36.7 Å². The van der Waals surface area contributed by atoms with Gasteiger partial charge in [0.2, 0.25) is 5.95 Å². The van der Waals surface area contributed by atoms with Crippen molar-refractivity contribution < 1.29 is 56.7 Å². The smallest absolute Gasteiger partial charge is 0.387 e. The summed E-state index contributed by atoms with van der Waals surface area (Å²) in [6.07, 6.45) is -5.51. The van der Waals surface area contributed by atoms with E-state index < -0.39 is 83.5 Å². The van der Waals surface area contributed by atoms with Crippen molar-refractivity contribution in [2.24, 2.45) is 0 Å². The van der Waals surface area contributed by atoms with E-state index in [0.29, 0.717) is 11.2 Å². The van der Waals surface area contributed by atoms with Crippen molar-refractivity contribution in [1.29, 1.82) is 0 Å². The number of fused-ring (bicyclic) bond motifs is 7. The number of nitrogens with two attached hydrogens (primary N) is 1. The number of phosphoric acid groups is 2. The number of hydrogen-bond acceptors (Lipinski definition) is 17. The Bertz CT molecular complexity index is 2170. The van der Waals surface area contributed by atoms with Crippen LogP contribution in [-0.4, -0.2) is 113 Å². The molecule has 3 aliphatic heterocycles. The third kappa shape index (κ3) is 5.17. The first-order valence-corrected chi connectivity index (χ1v) is 16.7. The summed E-state index contributed by atoms with van der Waals surface area (Å²) in [4.78, 5) is 56.8. The first-order valence-electron chi connectivity index (χ1n) is 13.7. The molecular weight excluding hydrogens is 674 g/mol. The van der Waals surface area contributed by atoms with Gasteiger partial charge in [0.25, 0.3) is 5.56 Å². The van der Waals surface area contributed by atoms with Gasteiger partial charge in [-0.05, 0) is 0 Å². The molecule has 5 aromatic heterocycles. The van der Waals surface area contributed by atoms with Gasteiger partial charge in [-0.1, -0.05) is 0 Å². The zero-order valence-electron chi connectivity index (χ0n) is 23.4. The molecule has 0 aliphatic carbocycles. The summed E-state index contributed by atoms with van der Waals surface area (Å²) < 4.78 is 63.2. The lowest BCUT2D eigenvalue weighted by Gasteiger charge is -2.25. The lowest BCUT2D eigenvalue weighted by atomic mass is 10.1. The average Bonchev–Trinajstić information content (AvgIpc) is 3.83. The lowest BCUT2D eigenvalue weighted by Crippen LogP contribution is -2.36. The summed E-state index contributed by atoms with van der Waals surface area (Å²) in [6, 6.07) is 0. The van der Waals surface area contributed by atoms with E-state index in [4.69, 9.17) is 33.3 Å². The molecule has 0 amide bonds. The molecule has 5 aromatic rings. The van der Waals surface area contributed by atoms with Gasteiger partial charge in [-0.25, -0.2) is 29.1 Å². The molecule has 3 fully saturated rings. The van der Waals surface area contributed by atoms with Gasteiger partial charge < -0.3 is 35.2 Å². The molecule has 8 rings (SSSR count). The number of aromatic amines is 1. The monoisotopic (exact) mass is 698 g/mol. The number of nitrogens with one attached hydrogen (secondary N) is 1. The number of nitrogens with zero attached hydrogens (tertiary/aromatic N) is 8. The topological polar surface area (TPSA) is 308 Å². The quantitative estimate of drug-likeness (QED) is 0.112. The fourth-order valence-corrected chi connectivity index (χ4v) is 7.67. The van der Waals surface area contributed by atoms with Crippen LogP contribution >= 0.6 is 15.6 Å². The predicted octanol–water partition coefficient (Wildman–Crippen LogP) is -1.67. The molecular formula is C22H24N10O13P2. The predicted molar refractivity (Wildman–Crippen MR) is 150 cm³/mol. The number of imidazole rings is 3. The number of aliphatic hydroxyl groups excluding tert-OH is 2. The first kappa shape index (κ1) is 30.6. The summed E-state index contributed by atoms with van der Waals surface area (Å²) in [5.41, 5.74) is 5.73. The zero-order chi connectivity index (χ0) is 32.8. The van der Waals surface area contributed by atoms with E-state index in [1.165, 1.54) is 17.2 Å². The van der Waals surface area contributed by atoms with E-state index in [1.54, 1.807) is 16.8 Å². The first-order chi connectivity index (χ1) is 22.4. The third-order valence-electron chi connectivity index (χ3n) is 7.89.